The van der Waals surface area contributed by atoms with Gasteiger partial charge in [0.2, 0.25) is 0 Å². The zero-order valence-corrected chi connectivity index (χ0v) is 26.2. The number of carbonyl (C=O) groups excluding carboxylic acids is 2. The molecule has 224 valence electrons. The van der Waals surface area contributed by atoms with Crippen LogP contribution in [0.15, 0.2) is 0 Å². The Kier molecular flexibility index (Phi) is 24.7. The van der Waals surface area contributed by atoms with Crippen molar-refractivity contribution < 1.29 is 9.59 Å². The molecule has 0 heterocycles. The Morgan fingerprint density at radius 3 is 0.816 bits per heavy atom. The number of Topliss-reactive ketones (excluding diaryl/α,β-unsaturated/α-hetero) is 2. The van der Waals surface area contributed by atoms with Crippen LogP contribution in [0.1, 0.15) is 206 Å². The minimum atomic E-state index is 0.512. The van der Waals surface area contributed by atoms with Crippen molar-refractivity contribution in [2.75, 3.05) is 0 Å². The second-order valence-electron chi connectivity index (χ2n) is 12.9. The van der Waals surface area contributed by atoms with E-state index in [0.29, 0.717) is 11.6 Å². The van der Waals surface area contributed by atoms with E-state index in [-0.39, 0.29) is 0 Å². The molecule has 2 rings (SSSR count). The third-order valence-electron chi connectivity index (χ3n) is 9.43. The van der Waals surface area contributed by atoms with Gasteiger partial charge in [-0.2, -0.15) is 0 Å². The van der Waals surface area contributed by atoms with Crippen LogP contribution in [-0.2, 0) is 9.59 Å². The average Bonchev–Trinajstić information content (AvgIpc) is 2.92. The molecule has 2 fully saturated rings. The van der Waals surface area contributed by atoms with E-state index in [1.807, 2.05) is 0 Å². The number of hydrogen-bond donors (Lipinski definition) is 0. The molecule has 0 bridgehead atoms. The summed E-state index contributed by atoms with van der Waals surface area (Å²) < 4.78 is 0. The Morgan fingerprint density at radius 2 is 0.579 bits per heavy atom. The summed E-state index contributed by atoms with van der Waals surface area (Å²) in [6, 6.07) is 0. The van der Waals surface area contributed by atoms with E-state index in [1.54, 1.807) is 0 Å². The third kappa shape index (κ3) is 22.2. The maximum atomic E-state index is 11.7. The lowest BCUT2D eigenvalue weighted by molar-refractivity contribution is -0.120. The van der Waals surface area contributed by atoms with Crippen LogP contribution in [0.3, 0.4) is 0 Å². The molecule has 1 unspecified atom stereocenters. The Bertz CT molecular complexity index is 519. The van der Waals surface area contributed by atoms with E-state index in [4.69, 9.17) is 0 Å². The van der Waals surface area contributed by atoms with Gasteiger partial charge in [0.1, 0.15) is 11.6 Å². The van der Waals surface area contributed by atoms with Crippen molar-refractivity contribution in [1.82, 2.24) is 0 Å². The van der Waals surface area contributed by atoms with Gasteiger partial charge < -0.3 is 0 Å². The number of carbonyl (C=O) groups is 2. The highest BCUT2D eigenvalue weighted by Crippen LogP contribution is 2.23. The van der Waals surface area contributed by atoms with Gasteiger partial charge in [-0.25, -0.2) is 0 Å². The van der Waals surface area contributed by atoms with E-state index in [2.05, 4.69) is 13.8 Å². The molecular formula is C36H68O2. The van der Waals surface area contributed by atoms with Gasteiger partial charge in [0.25, 0.3) is 0 Å². The number of ketones is 2. The first-order chi connectivity index (χ1) is 18.7. The largest absolute Gasteiger partial charge is 0.300 e. The van der Waals surface area contributed by atoms with E-state index in [0.717, 1.165) is 63.2 Å². The smallest absolute Gasteiger partial charge is 0.132 e. The van der Waals surface area contributed by atoms with Crippen LogP contribution in [0.2, 0.25) is 0 Å². The number of rotatable bonds is 2. The van der Waals surface area contributed by atoms with Crippen molar-refractivity contribution in [2.24, 2.45) is 11.8 Å². The maximum absolute atomic E-state index is 11.7. The van der Waals surface area contributed by atoms with E-state index >= 15 is 0 Å². The molecule has 2 saturated carbocycles. The Balaban J connectivity index is 0.000000380. The van der Waals surface area contributed by atoms with Crippen molar-refractivity contribution in [3.05, 3.63) is 0 Å². The molecule has 0 aliphatic heterocycles. The van der Waals surface area contributed by atoms with E-state index in [1.165, 1.54) is 141 Å². The van der Waals surface area contributed by atoms with Crippen molar-refractivity contribution in [1.29, 1.82) is 0 Å². The first-order valence-electron chi connectivity index (χ1n) is 17.7. The molecule has 2 aliphatic rings. The minimum Gasteiger partial charge on any atom is -0.300 e. The predicted molar refractivity (Wildman–Crippen MR) is 167 cm³/mol. The molecule has 0 aromatic carbocycles. The highest BCUT2D eigenvalue weighted by atomic mass is 16.1. The SMILES string of the molecule is CCC1CCCCCCCC(=O)CCCCCCC1.CCC1CCCCCCCCC(=O)CCCCCC1. The van der Waals surface area contributed by atoms with Gasteiger partial charge >= 0.3 is 0 Å². The van der Waals surface area contributed by atoms with Gasteiger partial charge in [-0.3, -0.25) is 9.59 Å². The Labute approximate surface area is 239 Å². The summed E-state index contributed by atoms with van der Waals surface area (Å²) in [5.41, 5.74) is 0. The van der Waals surface area contributed by atoms with Crippen molar-refractivity contribution in [3.63, 3.8) is 0 Å². The fraction of sp³-hybridized carbons (Fsp3) is 0.944. The molecule has 0 amide bonds. The molecular weight excluding hydrogens is 464 g/mol. The van der Waals surface area contributed by atoms with Gasteiger partial charge in [0, 0.05) is 25.7 Å². The number of hydrogen-bond acceptors (Lipinski definition) is 2. The molecule has 2 heteroatoms. The third-order valence-corrected chi connectivity index (χ3v) is 9.43. The quantitative estimate of drug-likeness (QED) is 0.354. The summed E-state index contributed by atoms with van der Waals surface area (Å²) in [4.78, 5) is 23.3. The van der Waals surface area contributed by atoms with Crippen LogP contribution in [0.5, 0.6) is 0 Å². The standard InChI is InChI=1S/2C18H34O/c1-2-17-13-9-5-3-7-11-15-18(19)16-12-8-4-6-10-14-17;1-2-17-13-9-5-3-4-6-11-15-18(19)16-12-8-7-10-14-17/h2*17H,2-16H2,1H3. The van der Waals surface area contributed by atoms with Crippen LogP contribution >= 0.6 is 0 Å². The van der Waals surface area contributed by atoms with E-state index < -0.39 is 0 Å². The highest BCUT2D eigenvalue weighted by Gasteiger charge is 2.09. The summed E-state index contributed by atoms with van der Waals surface area (Å²) in [5.74, 6) is 2.97. The highest BCUT2D eigenvalue weighted by molar-refractivity contribution is 5.78. The molecule has 0 spiro atoms. The van der Waals surface area contributed by atoms with Crippen LogP contribution < -0.4 is 0 Å². The van der Waals surface area contributed by atoms with E-state index in [9.17, 15) is 9.59 Å². The topological polar surface area (TPSA) is 34.1 Å². The van der Waals surface area contributed by atoms with Gasteiger partial charge in [0.15, 0.2) is 0 Å². The molecule has 2 aliphatic carbocycles. The molecule has 2 nitrogen and oxygen atoms in total. The monoisotopic (exact) mass is 533 g/mol. The van der Waals surface area contributed by atoms with Crippen molar-refractivity contribution in [2.45, 2.75) is 206 Å². The molecule has 38 heavy (non-hydrogen) atoms. The summed E-state index contributed by atoms with van der Waals surface area (Å²) in [7, 11) is 0. The lowest BCUT2D eigenvalue weighted by Gasteiger charge is -2.14. The van der Waals surface area contributed by atoms with Crippen molar-refractivity contribution >= 4 is 11.6 Å². The predicted octanol–water partition coefficient (Wildman–Crippen LogP) is 12.1. The molecule has 1 atom stereocenters. The van der Waals surface area contributed by atoms with Gasteiger partial charge in [0.05, 0.1) is 0 Å². The lowest BCUT2D eigenvalue weighted by Crippen LogP contribution is -2.01. The molecule has 0 N–H and O–H groups in total. The molecule has 0 saturated heterocycles. The second-order valence-corrected chi connectivity index (χ2v) is 12.9. The lowest BCUT2D eigenvalue weighted by atomic mass is 9.92. The molecule has 0 aromatic heterocycles. The fourth-order valence-corrected chi connectivity index (χ4v) is 6.50. The maximum Gasteiger partial charge on any atom is 0.132 e. The normalized spacial score (nSPS) is 24.7. The Hall–Kier alpha value is -0.660. The minimum absolute atomic E-state index is 0.512. The molecule has 0 radical (unpaired) electrons. The zero-order valence-electron chi connectivity index (χ0n) is 26.2. The zero-order chi connectivity index (χ0) is 27.5. The summed E-state index contributed by atoms with van der Waals surface area (Å²) in [5, 5.41) is 0. The average molecular weight is 533 g/mol. The summed E-state index contributed by atoms with van der Waals surface area (Å²) >= 11 is 0. The fourth-order valence-electron chi connectivity index (χ4n) is 6.50. The second kappa shape index (κ2) is 26.6. The molecule has 0 aromatic rings. The van der Waals surface area contributed by atoms with Crippen LogP contribution in [0.25, 0.3) is 0 Å². The first kappa shape index (κ1) is 35.4. The van der Waals surface area contributed by atoms with Gasteiger partial charge in [-0.15, -0.1) is 0 Å². The summed E-state index contributed by atoms with van der Waals surface area (Å²) in [6.45, 7) is 4.70. The van der Waals surface area contributed by atoms with Crippen LogP contribution in [0.4, 0.5) is 0 Å². The van der Waals surface area contributed by atoms with Crippen LogP contribution in [-0.4, -0.2) is 11.6 Å². The summed E-state index contributed by atoms with van der Waals surface area (Å²) in [6.07, 6.45) is 38.0. The Morgan fingerprint density at radius 1 is 0.368 bits per heavy atom. The van der Waals surface area contributed by atoms with Gasteiger partial charge in [-0.05, 0) is 37.5 Å². The first-order valence-corrected chi connectivity index (χ1v) is 17.7. The van der Waals surface area contributed by atoms with Crippen LogP contribution in [0, 0.1) is 11.8 Å². The van der Waals surface area contributed by atoms with Gasteiger partial charge in [-0.1, -0.05) is 155 Å². The van der Waals surface area contributed by atoms with Crippen molar-refractivity contribution in [3.8, 4) is 0 Å².